The van der Waals surface area contributed by atoms with Crippen LogP contribution in [-0.2, 0) is 13.0 Å². The van der Waals surface area contributed by atoms with Gasteiger partial charge in [-0.3, -0.25) is 9.48 Å². The monoisotopic (exact) mass is 250 g/mol. The van der Waals surface area contributed by atoms with Gasteiger partial charge in [-0.25, -0.2) is 0 Å². The SMILES string of the molecule is CCc1cc(C(=O)N(C)C2CCNC2)n(CC)n1. The normalized spacial score (nSPS) is 19.2. The van der Waals surface area contributed by atoms with Gasteiger partial charge in [-0.2, -0.15) is 5.10 Å². The summed E-state index contributed by atoms with van der Waals surface area (Å²) in [4.78, 5) is 14.3. The highest BCUT2D eigenvalue weighted by Gasteiger charge is 2.26. The summed E-state index contributed by atoms with van der Waals surface area (Å²) < 4.78 is 1.81. The number of nitrogens with one attached hydrogen (secondary N) is 1. The van der Waals surface area contributed by atoms with E-state index in [-0.39, 0.29) is 5.91 Å². The minimum Gasteiger partial charge on any atom is -0.336 e. The second-order valence-electron chi connectivity index (χ2n) is 4.75. The average molecular weight is 250 g/mol. The molecule has 2 rings (SSSR count). The van der Waals surface area contributed by atoms with Gasteiger partial charge in [-0.15, -0.1) is 0 Å². The number of carbonyl (C=O) groups excluding carboxylic acids is 1. The molecule has 1 fully saturated rings. The molecule has 5 nitrogen and oxygen atoms in total. The van der Waals surface area contributed by atoms with E-state index in [2.05, 4.69) is 17.3 Å². The lowest BCUT2D eigenvalue weighted by molar-refractivity contribution is 0.0731. The first-order chi connectivity index (χ1) is 8.67. The van der Waals surface area contributed by atoms with E-state index in [0.29, 0.717) is 11.7 Å². The number of carbonyl (C=O) groups is 1. The largest absolute Gasteiger partial charge is 0.336 e. The molecular weight excluding hydrogens is 228 g/mol. The van der Waals surface area contributed by atoms with Crippen LogP contribution in [0, 0.1) is 0 Å². The van der Waals surface area contributed by atoms with Crippen molar-refractivity contribution in [3.8, 4) is 0 Å². The molecule has 1 aliphatic rings. The van der Waals surface area contributed by atoms with Gasteiger partial charge >= 0.3 is 0 Å². The second kappa shape index (κ2) is 5.52. The minimum atomic E-state index is 0.0813. The Morgan fingerprint density at radius 1 is 1.61 bits per heavy atom. The molecule has 0 radical (unpaired) electrons. The Morgan fingerprint density at radius 3 is 2.94 bits per heavy atom. The first kappa shape index (κ1) is 13.1. The average Bonchev–Trinajstić information content (AvgIpc) is 3.05. The van der Waals surface area contributed by atoms with Crippen molar-refractivity contribution in [3.05, 3.63) is 17.5 Å². The molecule has 2 heterocycles. The van der Waals surface area contributed by atoms with Crippen LogP contribution < -0.4 is 5.32 Å². The Hall–Kier alpha value is -1.36. The van der Waals surface area contributed by atoms with Crippen molar-refractivity contribution >= 4 is 5.91 Å². The fourth-order valence-corrected chi connectivity index (χ4v) is 2.37. The zero-order valence-corrected chi connectivity index (χ0v) is 11.4. The van der Waals surface area contributed by atoms with Crippen molar-refractivity contribution < 1.29 is 4.79 Å². The van der Waals surface area contributed by atoms with Crippen molar-refractivity contribution in [2.45, 2.75) is 39.3 Å². The van der Waals surface area contributed by atoms with E-state index in [0.717, 1.165) is 38.2 Å². The smallest absolute Gasteiger partial charge is 0.272 e. The first-order valence-electron chi connectivity index (χ1n) is 6.72. The number of amides is 1. The molecule has 1 N–H and O–H groups in total. The molecule has 1 amide bonds. The van der Waals surface area contributed by atoms with Gasteiger partial charge in [0.25, 0.3) is 5.91 Å². The van der Waals surface area contributed by atoms with E-state index < -0.39 is 0 Å². The van der Waals surface area contributed by atoms with Gasteiger partial charge in [0.2, 0.25) is 0 Å². The highest BCUT2D eigenvalue weighted by Crippen LogP contribution is 2.13. The van der Waals surface area contributed by atoms with Crippen molar-refractivity contribution in [1.29, 1.82) is 0 Å². The van der Waals surface area contributed by atoms with E-state index in [9.17, 15) is 4.79 Å². The third-order valence-electron chi connectivity index (χ3n) is 3.61. The lowest BCUT2D eigenvalue weighted by Gasteiger charge is -2.23. The van der Waals surface area contributed by atoms with Crippen molar-refractivity contribution in [3.63, 3.8) is 0 Å². The molecule has 1 aromatic heterocycles. The maximum Gasteiger partial charge on any atom is 0.272 e. The third kappa shape index (κ3) is 2.41. The zero-order chi connectivity index (χ0) is 13.1. The molecular formula is C13H22N4O. The maximum absolute atomic E-state index is 12.5. The summed E-state index contributed by atoms with van der Waals surface area (Å²) in [5.41, 5.74) is 1.70. The van der Waals surface area contributed by atoms with Crippen molar-refractivity contribution in [1.82, 2.24) is 20.0 Å². The number of nitrogens with zero attached hydrogens (tertiary/aromatic N) is 3. The molecule has 0 aromatic carbocycles. The number of aryl methyl sites for hydroxylation is 2. The maximum atomic E-state index is 12.5. The van der Waals surface area contributed by atoms with Crippen LogP contribution in [0.25, 0.3) is 0 Å². The first-order valence-corrected chi connectivity index (χ1v) is 6.72. The van der Waals surface area contributed by atoms with Gasteiger partial charge in [0, 0.05) is 26.2 Å². The molecule has 0 bridgehead atoms. The van der Waals surface area contributed by atoms with Crippen LogP contribution in [-0.4, -0.2) is 46.8 Å². The second-order valence-corrected chi connectivity index (χ2v) is 4.75. The summed E-state index contributed by atoms with van der Waals surface area (Å²) >= 11 is 0. The Kier molecular flexibility index (Phi) is 4.01. The van der Waals surface area contributed by atoms with Gasteiger partial charge in [0.05, 0.1) is 5.69 Å². The summed E-state index contributed by atoms with van der Waals surface area (Å²) in [7, 11) is 1.89. The number of hydrogen-bond donors (Lipinski definition) is 1. The summed E-state index contributed by atoms with van der Waals surface area (Å²) in [6, 6.07) is 2.23. The predicted molar refractivity (Wildman–Crippen MR) is 70.6 cm³/mol. The molecule has 0 spiro atoms. The third-order valence-corrected chi connectivity index (χ3v) is 3.61. The lowest BCUT2D eigenvalue weighted by Crippen LogP contribution is -2.39. The zero-order valence-electron chi connectivity index (χ0n) is 11.4. The molecule has 0 aliphatic carbocycles. The highest BCUT2D eigenvalue weighted by atomic mass is 16.2. The van der Waals surface area contributed by atoms with E-state index >= 15 is 0 Å². The van der Waals surface area contributed by atoms with Gasteiger partial charge < -0.3 is 10.2 Å². The van der Waals surface area contributed by atoms with E-state index in [1.54, 1.807) is 4.68 Å². The summed E-state index contributed by atoms with van der Waals surface area (Å²) in [5.74, 6) is 0.0813. The number of rotatable bonds is 4. The number of hydrogen-bond acceptors (Lipinski definition) is 3. The molecule has 18 heavy (non-hydrogen) atoms. The van der Waals surface area contributed by atoms with E-state index in [1.807, 2.05) is 24.9 Å². The Balaban J connectivity index is 2.18. The van der Waals surface area contributed by atoms with Gasteiger partial charge in [0.15, 0.2) is 0 Å². The van der Waals surface area contributed by atoms with Crippen LogP contribution in [0.4, 0.5) is 0 Å². The van der Waals surface area contributed by atoms with Crippen LogP contribution >= 0.6 is 0 Å². The Bertz CT molecular complexity index is 421. The van der Waals surface area contributed by atoms with Gasteiger partial charge in [0.1, 0.15) is 5.69 Å². The number of aromatic nitrogens is 2. The highest BCUT2D eigenvalue weighted by molar-refractivity contribution is 5.92. The summed E-state index contributed by atoms with van der Waals surface area (Å²) in [6.45, 7) is 6.69. The van der Waals surface area contributed by atoms with Crippen molar-refractivity contribution in [2.24, 2.45) is 0 Å². The van der Waals surface area contributed by atoms with Crippen LogP contribution in [0.2, 0.25) is 0 Å². The molecule has 1 saturated heterocycles. The summed E-state index contributed by atoms with van der Waals surface area (Å²) in [6.07, 6.45) is 1.89. The van der Waals surface area contributed by atoms with Crippen LogP contribution in [0.5, 0.6) is 0 Å². The molecule has 1 atom stereocenters. The Morgan fingerprint density at radius 2 is 2.39 bits per heavy atom. The molecule has 1 unspecified atom stereocenters. The predicted octanol–water partition coefficient (Wildman–Crippen LogP) is 0.899. The van der Waals surface area contributed by atoms with Gasteiger partial charge in [-0.1, -0.05) is 6.92 Å². The van der Waals surface area contributed by atoms with Crippen LogP contribution in [0.15, 0.2) is 6.07 Å². The van der Waals surface area contributed by atoms with Crippen LogP contribution in [0.1, 0.15) is 36.5 Å². The lowest BCUT2D eigenvalue weighted by atomic mass is 10.2. The quantitative estimate of drug-likeness (QED) is 0.864. The van der Waals surface area contributed by atoms with Crippen molar-refractivity contribution in [2.75, 3.05) is 20.1 Å². The van der Waals surface area contributed by atoms with Gasteiger partial charge in [-0.05, 0) is 32.4 Å². The topological polar surface area (TPSA) is 50.2 Å². The molecule has 100 valence electrons. The molecule has 0 saturated carbocycles. The fourth-order valence-electron chi connectivity index (χ4n) is 2.37. The van der Waals surface area contributed by atoms with Crippen LogP contribution in [0.3, 0.4) is 0 Å². The number of likely N-dealkylation sites (N-methyl/N-ethyl adjacent to an activating group) is 1. The fraction of sp³-hybridized carbons (Fsp3) is 0.692. The van der Waals surface area contributed by atoms with E-state index in [1.165, 1.54) is 0 Å². The summed E-state index contributed by atoms with van der Waals surface area (Å²) in [5, 5.41) is 7.72. The molecule has 5 heteroatoms. The van der Waals surface area contributed by atoms with E-state index in [4.69, 9.17) is 0 Å². The molecule has 1 aliphatic heterocycles. The minimum absolute atomic E-state index is 0.0813. The standard InChI is InChI=1S/C13H22N4O/c1-4-10-8-12(17(5-2)15-10)13(18)16(3)11-6-7-14-9-11/h8,11,14H,4-7,9H2,1-3H3. The molecule has 1 aromatic rings. The Labute approximate surface area is 108 Å².